The van der Waals surface area contributed by atoms with Gasteiger partial charge < -0.3 is 15.1 Å². The van der Waals surface area contributed by atoms with Crippen molar-refractivity contribution in [2.75, 3.05) is 36.4 Å². The maximum absolute atomic E-state index is 12.1. The molecule has 0 aliphatic carbocycles. The van der Waals surface area contributed by atoms with E-state index < -0.39 is 0 Å². The van der Waals surface area contributed by atoms with Crippen LogP contribution in [0.15, 0.2) is 54.6 Å². The molecular weight excluding hydrogens is 386 g/mol. The van der Waals surface area contributed by atoms with Gasteiger partial charge in [0.05, 0.1) is 0 Å². The number of anilines is 2. The van der Waals surface area contributed by atoms with E-state index in [1.165, 1.54) is 6.08 Å². The second kappa shape index (κ2) is 9.61. The summed E-state index contributed by atoms with van der Waals surface area (Å²) < 4.78 is 0. The van der Waals surface area contributed by atoms with E-state index in [0.29, 0.717) is 5.02 Å². The maximum Gasteiger partial charge on any atom is 0.248 e. The van der Waals surface area contributed by atoms with Crippen molar-refractivity contribution < 1.29 is 9.59 Å². The summed E-state index contributed by atoms with van der Waals surface area (Å²) in [5.74, 6) is 0.0704. The summed E-state index contributed by atoms with van der Waals surface area (Å²) >= 11 is 5.86. The topological polar surface area (TPSA) is 52.7 Å². The fourth-order valence-electron chi connectivity index (χ4n) is 3.24. The average molecular weight is 412 g/mol. The van der Waals surface area contributed by atoms with Crippen LogP contribution in [0.5, 0.6) is 0 Å². The molecule has 1 heterocycles. The van der Waals surface area contributed by atoms with E-state index in [-0.39, 0.29) is 17.7 Å². The second-order valence-corrected chi connectivity index (χ2v) is 7.82. The molecule has 5 nitrogen and oxygen atoms in total. The minimum Gasteiger partial charge on any atom is -0.368 e. The number of nitrogens with one attached hydrogen (secondary N) is 1. The first kappa shape index (κ1) is 20.9. The zero-order chi connectivity index (χ0) is 20.8. The van der Waals surface area contributed by atoms with Gasteiger partial charge in [0.1, 0.15) is 0 Å². The van der Waals surface area contributed by atoms with Crippen LogP contribution in [0.25, 0.3) is 6.08 Å². The number of rotatable bonds is 5. The van der Waals surface area contributed by atoms with E-state index in [2.05, 4.69) is 10.2 Å². The smallest absolute Gasteiger partial charge is 0.248 e. The molecule has 29 heavy (non-hydrogen) atoms. The molecule has 152 valence electrons. The lowest BCUT2D eigenvalue weighted by atomic mass is 10.1. The van der Waals surface area contributed by atoms with E-state index in [0.717, 1.165) is 43.1 Å². The molecule has 1 aliphatic heterocycles. The Hall–Kier alpha value is -2.79. The van der Waals surface area contributed by atoms with Crippen LogP contribution in [0.1, 0.15) is 19.4 Å². The van der Waals surface area contributed by atoms with Gasteiger partial charge in [-0.2, -0.15) is 0 Å². The number of amides is 2. The Labute approximate surface area is 177 Å². The zero-order valence-electron chi connectivity index (χ0n) is 16.8. The average Bonchev–Trinajstić information content (AvgIpc) is 2.73. The Morgan fingerprint density at radius 2 is 1.59 bits per heavy atom. The molecule has 0 aromatic heterocycles. The van der Waals surface area contributed by atoms with Gasteiger partial charge in [0.25, 0.3) is 0 Å². The number of halogens is 1. The van der Waals surface area contributed by atoms with Gasteiger partial charge in [-0.05, 0) is 48.0 Å². The first-order valence-electron chi connectivity index (χ1n) is 9.81. The molecule has 3 rings (SSSR count). The van der Waals surface area contributed by atoms with Crippen molar-refractivity contribution in [2.45, 2.75) is 13.8 Å². The molecule has 2 aromatic rings. The first-order valence-corrected chi connectivity index (χ1v) is 10.2. The summed E-state index contributed by atoms with van der Waals surface area (Å²) in [5, 5.41) is 3.53. The molecule has 1 aliphatic rings. The van der Waals surface area contributed by atoms with Crippen LogP contribution in [-0.4, -0.2) is 42.9 Å². The predicted molar refractivity (Wildman–Crippen MR) is 119 cm³/mol. The Kier molecular flexibility index (Phi) is 6.94. The molecule has 0 atom stereocenters. The third-order valence-electron chi connectivity index (χ3n) is 4.88. The standard InChI is InChI=1S/C23H26ClN3O2/c1-17(2)23(29)27-15-13-26(14-16-27)21-10-8-20(9-11-21)25-22(28)12-5-18-3-6-19(24)7-4-18/h3-12,17H,13-16H2,1-2H3,(H,25,28). The molecule has 2 amide bonds. The van der Waals surface area contributed by atoms with E-state index >= 15 is 0 Å². The van der Waals surface area contributed by atoms with Gasteiger partial charge in [-0.3, -0.25) is 9.59 Å². The van der Waals surface area contributed by atoms with Crippen LogP contribution in [-0.2, 0) is 9.59 Å². The summed E-state index contributed by atoms with van der Waals surface area (Å²) in [6.07, 6.45) is 3.25. The highest BCUT2D eigenvalue weighted by Gasteiger charge is 2.22. The van der Waals surface area contributed by atoms with Gasteiger partial charge in [-0.15, -0.1) is 0 Å². The molecule has 1 fully saturated rings. The highest BCUT2D eigenvalue weighted by molar-refractivity contribution is 6.30. The van der Waals surface area contributed by atoms with E-state index in [1.54, 1.807) is 18.2 Å². The Morgan fingerprint density at radius 3 is 2.17 bits per heavy atom. The van der Waals surface area contributed by atoms with Crippen LogP contribution in [0.4, 0.5) is 11.4 Å². The lowest BCUT2D eigenvalue weighted by Gasteiger charge is -2.37. The zero-order valence-corrected chi connectivity index (χ0v) is 17.5. The molecule has 0 radical (unpaired) electrons. The number of piperazine rings is 1. The summed E-state index contributed by atoms with van der Waals surface area (Å²) in [7, 11) is 0. The van der Waals surface area contributed by atoms with Crippen molar-refractivity contribution in [3.8, 4) is 0 Å². The molecule has 6 heteroatoms. The molecule has 1 saturated heterocycles. The molecule has 2 aromatic carbocycles. The van der Waals surface area contributed by atoms with Gasteiger partial charge >= 0.3 is 0 Å². The van der Waals surface area contributed by atoms with Gasteiger partial charge in [0.2, 0.25) is 11.8 Å². The molecule has 0 saturated carbocycles. The van der Waals surface area contributed by atoms with Gasteiger partial charge in [-0.1, -0.05) is 37.6 Å². The molecule has 0 spiro atoms. The minimum atomic E-state index is -0.187. The van der Waals surface area contributed by atoms with Crippen molar-refractivity contribution in [1.29, 1.82) is 0 Å². The summed E-state index contributed by atoms with van der Waals surface area (Å²) in [4.78, 5) is 28.4. The monoisotopic (exact) mass is 411 g/mol. The Morgan fingerprint density at radius 1 is 0.966 bits per heavy atom. The normalized spacial score (nSPS) is 14.5. The van der Waals surface area contributed by atoms with E-state index in [1.807, 2.05) is 55.1 Å². The predicted octanol–water partition coefficient (Wildman–Crippen LogP) is 4.30. The van der Waals surface area contributed by atoms with E-state index in [4.69, 9.17) is 11.6 Å². The highest BCUT2D eigenvalue weighted by atomic mass is 35.5. The largest absolute Gasteiger partial charge is 0.368 e. The third kappa shape index (κ3) is 5.84. The fraction of sp³-hybridized carbons (Fsp3) is 0.304. The van der Waals surface area contributed by atoms with E-state index in [9.17, 15) is 9.59 Å². The number of hydrogen-bond acceptors (Lipinski definition) is 3. The van der Waals surface area contributed by atoms with Crippen molar-refractivity contribution in [1.82, 2.24) is 4.90 Å². The van der Waals surface area contributed by atoms with Crippen molar-refractivity contribution in [3.05, 3.63) is 65.2 Å². The van der Waals surface area contributed by atoms with Crippen molar-refractivity contribution in [3.63, 3.8) is 0 Å². The van der Waals surface area contributed by atoms with Gasteiger partial charge in [-0.25, -0.2) is 0 Å². The summed E-state index contributed by atoms with van der Waals surface area (Å²) in [6.45, 7) is 6.98. The van der Waals surface area contributed by atoms with Crippen LogP contribution >= 0.6 is 11.6 Å². The van der Waals surface area contributed by atoms with Crippen LogP contribution in [0.3, 0.4) is 0 Å². The fourth-order valence-corrected chi connectivity index (χ4v) is 3.36. The second-order valence-electron chi connectivity index (χ2n) is 7.39. The number of nitrogens with zero attached hydrogens (tertiary/aromatic N) is 2. The summed E-state index contributed by atoms with van der Waals surface area (Å²) in [6, 6.07) is 15.1. The Balaban J connectivity index is 1.52. The SMILES string of the molecule is CC(C)C(=O)N1CCN(c2ccc(NC(=O)C=Cc3ccc(Cl)cc3)cc2)CC1. The maximum atomic E-state index is 12.1. The molecule has 0 unspecified atom stereocenters. The first-order chi connectivity index (χ1) is 13.9. The quantitative estimate of drug-likeness (QED) is 0.746. The number of hydrogen-bond donors (Lipinski definition) is 1. The number of carbonyl (C=O) groups excluding carboxylic acids is 2. The van der Waals surface area contributed by atoms with Crippen molar-refractivity contribution >= 4 is 40.9 Å². The lowest BCUT2D eigenvalue weighted by Crippen LogP contribution is -2.49. The van der Waals surface area contributed by atoms with Gasteiger partial charge in [0.15, 0.2) is 0 Å². The summed E-state index contributed by atoms with van der Waals surface area (Å²) in [5.41, 5.74) is 2.75. The molecule has 1 N–H and O–H groups in total. The lowest BCUT2D eigenvalue weighted by molar-refractivity contribution is -0.134. The van der Waals surface area contributed by atoms with Crippen LogP contribution in [0, 0.1) is 5.92 Å². The Bertz CT molecular complexity index is 868. The van der Waals surface area contributed by atoms with Crippen molar-refractivity contribution in [2.24, 2.45) is 5.92 Å². The molecule has 0 bridgehead atoms. The number of carbonyl (C=O) groups is 2. The van der Waals surface area contributed by atoms with Crippen LogP contribution in [0.2, 0.25) is 5.02 Å². The number of benzene rings is 2. The third-order valence-corrected chi connectivity index (χ3v) is 5.13. The molecular formula is C23H26ClN3O2. The highest BCUT2D eigenvalue weighted by Crippen LogP contribution is 2.20. The minimum absolute atomic E-state index is 0.0400. The van der Waals surface area contributed by atoms with Crippen LogP contribution < -0.4 is 10.2 Å². The van der Waals surface area contributed by atoms with Gasteiger partial charge in [0, 0.05) is 54.6 Å².